The van der Waals surface area contributed by atoms with Crippen LogP contribution in [0, 0.1) is 11.3 Å². The number of nitrogens with one attached hydrogen (secondary N) is 1. The third kappa shape index (κ3) is 4.43. The van der Waals surface area contributed by atoms with E-state index < -0.39 is 0 Å². The molecule has 0 aromatic rings. The molecule has 1 aliphatic rings. The Morgan fingerprint density at radius 2 is 2.06 bits per heavy atom. The second-order valence-corrected chi connectivity index (χ2v) is 7.58. The molecular formula is C15H31NOS. The van der Waals surface area contributed by atoms with E-state index in [9.17, 15) is 0 Å². The lowest BCUT2D eigenvalue weighted by Gasteiger charge is -2.43. The van der Waals surface area contributed by atoms with E-state index in [4.69, 9.17) is 5.11 Å². The normalized spacial score (nSPS) is 29.5. The van der Waals surface area contributed by atoms with Gasteiger partial charge in [0.05, 0.1) is 0 Å². The maximum Gasteiger partial charge on any atom is 0.0438 e. The van der Waals surface area contributed by atoms with Crippen molar-refractivity contribution in [2.75, 3.05) is 19.4 Å². The average Bonchev–Trinajstić information content (AvgIpc) is 2.39. The van der Waals surface area contributed by atoms with Gasteiger partial charge in [0.25, 0.3) is 0 Å². The first-order valence-corrected chi connectivity index (χ1v) is 8.49. The number of thioether (sulfide) groups is 1. The van der Waals surface area contributed by atoms with E-state index in [1.807, 2.05) is 0 Å². The van der Waals surface area contributed by atoms with Crippen molar-refractivity contribution in [3.63, 3.8) is 0 Å². The van der Waals surface area contributed by atoms with Gasteiger partial charge in [-0.25, -0.2) is 0 Å². The molecule has 3 heteroatoms. The quantitative estimate of drug-likeness (QED) is 0.698. The second kappa shape index (κ2) is 7.76. The Kier molecular flexibility index (Phi) is 7.04. The minimum atomic E-state index is 0.327. The number of aliphatic hydroxyl groups excluding tert-OH is 1. The van der Waals surface area contributed by atoms with Crippen molar-refractivity contribution >= 4 is 11.8 Å². The molecule has 108 valence electrons. The molecule has 1 aliphatic carbocycles. The van der Waals surface area contributed by atoms with Gasteiger partial charge in [0.2, 0.25) is 0 Å². The van der Waals surface area contributed by atoms with Gasteiger partial charge in [0.1, 0.15) is 0 Å². The smallest absolute Gasteiger partial charge is 0.0438 e. The lowest BCUT2D eigenvalue weighted by atomic mass is 9.68. The van der Waals surface area contributed by atoms with E-state index >= 15 is 0 Å². The van der Waals surface area contributed by atoms with Crippen molar-refractivity contribution in [3.8, 4) is 0 Å². The predicted molar refractivity (Wildman–Crippen MR) is 82.2 cm³/mol. The van der Waals surface area contributed by atoms with E-state index in [2.05, 4.69) is 44.9 Å². The van der Waals surface area contributed by atoms with Crippen LogP contribution < -0.4 is 5.32 Å². The van der Waals surface area contributed by atoms with Gasteiger partial charge in [-0.15, -0.1) is 0 Å². The van der Waals surface area contributed by atoms with Crippen LogP contribution in [-0.2, 0) is 0 Å². The molecule has 0 saturated heterocycles. The summed E-state index contributed by atoms with van der Waals surface area (Å²) in [5.74, 6) is 1.96. The van der Waals surface area contributed by atoms with Gasteiger partial charge < -0.3 is 10.4 Å². The lowest BCUT2D eigenvalue weighted by Crippen LogP contribution is -2.43. The summed E-state index contributed by atoms with van der Waals surface area (Å²) in [6.07, 6.45) is 6.21. The Morgan fingerprint density at radius 1 is 1.33 bits per heavy atom. The Hall–Kier alpha value is 0.270. The Morgan fingerprint density at radius 3 is 2.61 bits per heavy atom. The van der Waals surface area contributed by atoms with E-state index in [0.29, 0.717) is 18.1 Å². The third-order valence-electron chi connectivity index (χ3n) is 4.81. The number of hydrogen-bond donors (Lipinski definition) is 2. The molecule has 2 N–H and O–H groups in total. The van der Waals surface area contributed by atoms with E-state index in [1.54, 1.807) is 0 Å². The number of aliphatic hydroxyl groups is 1. The highest BCUT2D eigenvalue weighted by molar-refractivity contribution is 7.99. The van der Waals surface area contributed by atoms with Crippen molar-refractivity contribution in [1.82, 2.24) is 5.32 Å². The molecule has 3 unspecified atom stereocenters. The van der Waals surface area contributed by atoms with Crippen molar-refractivity contribution < 1.29 is 5.11 Å². The molecule has 2 nitrogen and oxygen atoms in total. The van der Waals surface area contributed by atoms with Gasteiger partial charge in [-0.2, -0.15) is 11.8 Å². The van der Waals surface area contributed by atoms with Gasteiger partial charge in [0.15, 0.2) is 0 Å². The van der Waals surface area contributed by atoms with Crippen LogP contribution in [0.15, 0.2) is 0 Å². The maximum atomic E-state index is 8.91. The van der Waals surface area contributed by atoms with Crippen LogP contribution in [-0.4, -0.2) is 35.8 Å². The first kappa shape index (κ1) is 16.3. The zero-order valence-electron chi connectivity index (χ0n) is 12.5. The van der Waals surface area contributed by atoms with Crippen molar-refractivity contribution in [2.45, 2.75) is 64.2 Å². The maximum absolute atomic E-state index is 8.91. The van der Waals surface area contributed by atoms with Gasteiger partial charge >= 0.3 is 0 Å². The molecule has 0 aromatic carbocycles. The molecule has 0 amide bonds. The SMILES string of the molecule is CCC(C)(C)C1CCC(NC)C(SCCCO)C1. The van der Waals surface area contributed by atoms with Gasteiger partial charge in [-0.3, -0.25) is 0 Å². The highest BCUT2D eigenvalue weighted by atomic mass is 32.2. The predicted octanol–water partition coefficient (Wildman–Crippen LogP) is 3.29. The molecule has 0 spiro atoms. The van der Waals surface area contributed by atoms with Crippen molar-refractivity contribution in [2.24, 2.45) is 11.3 Å². The topological polar surface area (TPSA) is 32.3 Å². The van der Waals surface area contributed by atoms with Crippen molar-refractivity contribution in [3.05, 3.63) is 0 Å². The molecule has 0 aromatic heterocycles. The fraction of sp³-hybridized carbons (Fsp3) is 1.00. The summed E-state index contributed by atoms with van der Waals surface area (Å²) in [5.41, 5.74) is 0.481. The van der Waals surface area contributed by atoms with Crippen LogP contribution in [0.25, 0.3) is 0 Å². The zero-order chi connectivity index (χ0) is 13.6. The van der Waals surface area contributed by atoms with E-state index in [-0.39, 0.29) is 0 Å². The fourth-order valence-electron chi connectivity index (χ4n) is 2.94. The Balaban J connectivity index is 2.54. The van der Waals surface area contributed by atoms with Gasteiger partial charge in [-0.05, 0) is 49.8 Å². The molecule has 0 bridgehead atoms. The summed E-state index contributed by atoms with van der Waals surface area (Å²) in [7, 11) is 2.09. The molecule has 0 radical (unpaired) electrons. The first-order valence-electron chi connectivity index (χ1n) is 7.44. The molecule has 18 heavy (non-hydrogen) atoms. The van der Waals surface area contributed by atoms with Gasteiger partial charge in [-0.1, -0.05) is 27.2 Å². The van der Waals surface area contributed by atoms with Crippen molar-refractivity contribution in [1.29, 1.82) is 0 Å². The summed E-state index contributed by atoms with van der Waals surface area (Å²) in [6.45, 7) is 7.49. The van der Waals surface area contributed by atoms with Crippen LogP contribution in [0.1, 0.15) is 52.9 Å². The molecular weight excluding hydrogens is 242 g/mol. The number of hydrogen-bond acceptors (Lipinski definition) is 3. The second-order valence-electron chi connectivity index (χ2n) is 6.23. The average molecular weight is 273 g/mol. The first-order chi connectivity index (χ1) is 8.55. The number of rotatable bonds is 7. The third-order valence-corrected chi connectivity index (χ3v) is 6.29. The minimum absolute atomic E-state index is 0.327. The van der Waals surface area contributed by atoms with E-state index in [0.717, 1.165) is 23.3 Å². The largest absolute Gasteiger partial charge is 0.396 e. The van der Waals surface area contributed by atoms with Crippen LogP contribution in [0.3, 0.4) is 0 Å². The fourth-order valence-corrected chi connectivity index (χ4v) is 4.41. The standard InChI is InChI=1S/C15H31NOS/c1-5-15(2,3)12-7-8-13(16-4)14(11-12)18-10-6-9-17/h12-14,16-17H,5-11H2,1-4H3. The minimum Gasteiger partial charge on any atom is -0.396 e. The molecule has 1 fully saturated rings. The monoisotopic (exact) mass is 273 g/mol. The van der Waals surface area contributed by atoms with Crippen LogP contribution >= 0.6 is 11.8 Å². The lowest BCUT2D eigenvalue weighted by molar-refractivity contribution is 0.142. The molecule has 1 saturated carbocycles. The molecule has 3 atom stereocenters. The highest BCUT2D eigenvalue weighted by Gasteiger charge is 2.36. The van der Waals surface area contributed by atoms with Crippen LogP contribution in [0.4, 0.5) is 0 Å². The summed E-state index contributed by atoms with van der Waals surface area (Å²) in [5, 5.41) is 13.1. The molecule has 1 rings (SSSR count). The summed E-state index contributed by atoms with van der Waals surface area (Å²) >= 11 is 2.06. The van der Waals surface area contributed by atoms with Crippen LogP contribution in [0.2, 0.25) is 0 Å². The van der Waals surface area contributed by atoms with Gasteiger partial charge in [0, 0.05) is 17.9 Å². The summed E-state index contributed by atoms with van der Waals surface area (Å²) in [6, 6.07) is 0.664. The highest BCUT2D eigenvalue weighted by Crippen LogP contribution is 2.43. The molecule has 0 aliphatic heterocycles. The molecule has 0 heterocycles. The summed E-state index contributed by atoms with van der Waals surface area (Å²) in [4.78, 5) is 0. The van der Waals surface area contributed by atoms with Crippen LogP contribution in [0.5, 0.6) is 0 Å². The Labute approximate surface area is 117 Å². The zero-order valence-corrected chi connectivity index (χ0v) is 13.4. The summed E-state index contributed by atoms with van der Waals surface area (Å²) < 4.78 is 0. The Bertz CT molecular complexity index is 233. The van der Waals surface area contributed by atoms with E-state index in [1.165, 1.54) is 25.7 Å².